The van der Waals surface area contributed by atoms with Gasteiger partial charge in [0.1, 0.15) is 0 Å². The fourth-order valence-electron chi connectivity index (χ4n) is 0.967. The van der Waals surface area contributed by atoms with Crippen LogP contribution in [0.4, 0.5) is 8.78 Å². The highest BCUT2D eigenvalue weighted by Crippen LogP contribution is 2.27. The molecule has 16 heavy (non-hydrogen) atoms. The Kier molecular flexibility index (Phi) is 3.99. The minimum Gasteiger partial charge on any atom is -0.451 e. The average molecular weight is 244 g/mol. The number of hydrogen-bond acceptors (Lipinski definition) is 2. The molecule has 86 valence electrons. The number of hydrogen-bond donors (Lipinski definition) is 0. The number of carbonyl (C=O) groups is 1. The lowest BCUT2D eigenvalue weighted by Gasteiger charge is -2.18. The quantitative estimate of drug-likeness (QED) is 0.763. The fraction of sp³-hybridized carbons (Fsp3) is 0.273. The Bertz CT molecular complexity index is 412. The van der Waals surface area contributed by atoms with E-state index in [9.17, 15) is 13.6 Å². The highest BCUT2D eigenvalue weighted by atomic mass is 32.1. The second-order valence-corrected chi connectivity index (χ2v) is 3.87. The molecule has 2 nitrogen and oxygen atoms in total. The summed E-state index contributed by atoms with van der Waals surface area (Å²) < 4.78 is 30.6. The van der Waals surface area contributed by atoms with Crippen LogP contribution >= 0.6 is 11.2 Å². The van der Waals surface area contributed by atoms with Crippen molar-refractivity contribution in [1.82, 2.24) is 0 Å². The van der Waals surface area contributed by atoms with Crippen LogP contribution < -0.4 is 0 Å². The van der Waals surface area contributed by atoms with Crippen LogP contribution in [0.15, 0.2) is 30.3 Å². The lowest BCUT2D eigenvalue weighted by atomic mass is 10.2. The largest absolute Gasteiger partial charge is 0.451 e. The van der Waals surface area contributed by atoms with Crippen molar-refractivity contribution in [3.05, 3.63) is 35.9 Å². The van der Waals surface area contributed by atoms with Crippen molar-refractivity contribution in [3.63, 3.8) is 0 Å². The standard InChI is InChI=1S/C11H10F2O2S/c1-8(11(12,13)16-2)15-10(14)9-6-4-3-5-7-9/h2-8H,1H3. The highest BCUT2D eigenvalue weighted by Gasteiger charge is 2.37. The molecule has 1 unspecified atom stereocenters. The van der Waals surface area contributed by atoms with E-state index in [4.69, 9.17) is 5.69 Å². The summed E-state index contributed by atoms with van der Waals surface area (Å²) in [4.78, 5) is 11.4. The first-order valence-corrected chi connectivity index (χ1v) is 5.37. The molecule has 0 saturated heterocycles. The van der Waals surface area contributed by atoms with Crippen molar-refractivity contribution in [3.8, 4) is 5.69 Å². The van der Waals surface area contributed by atoms with Gasteiger partial charge in [0.2, 0.25) is 0 Å². The smallest absolute Gasteiger partial charge is 0.352 e. The van der Waals surface area contributed by atoms with E-state index in [-0.39, 0.29) is 16.7 Å². The summed E-state index contributed by atoms with van der Waals surface area (Å²) in [5, 5.41) is -3.29. The third-order valence-corrected chi connectivity index (χ3v) is 2.57. The van der Waals surface area contributed by atoms with Crippen LogP contribution in [0, 0.1) is 5.69 Å². The third-order valence-electron chi connectivity index (χ3n) is 1.92. The maximum absolute atomic E-state index is 13.0. The van der Waals surface area contributed by atoms with Gasteiger partial charge in [-0.3, -0.25) is 0 Å². The number of alkyl halides is 2. The number of esters is 1. The summed E-state index contributed by atoms with van der Waals surface area (Å²) in [6.45, 7) is 1.10. The van der Waals surface area contributed by atoms with Crippen molar-refractivity contribution < 1.29 is 18.3 Å². The molecule has 1 atom stereocenters. The number of ether oxygens (including phenoxy) is 1. The zero-order valence-corrected chi connectivity index (χ0v) is 9.34. The molecule has 0 aliphatic carbocycles. The van der Waals surface area contributed by atoms with Gasteiger partial charge in [-0.05, 0) is 19.1 Å². The molecule has 0 saturated carbocycles. The van der Waals surface area contributed by atoms with Crippen molar-refractivity contribution in [2.75, 3.05) is 0 Å². The molecule has 0 radical (unpaired) electrons. The molecule has 0 aliphatic rings. The highest BCUT2D eigenvalue weighted by molar-refractivity contribution is 7.89. The minimum atomic E-state index is -3.29. The Balaban J connectivity index is 2.71. The molecule has 0 heterocycles. The fourth-order valence-corrected chi connectivity index (χ4v) is 1.21. The van der Waals surface area contributed by atoms with Crippen molar-refractivity contribution >= 4 is 17.1 Å². The van der Waals surface area contributed by atoms with Gasteiger partial charge < -0.3 is 4.74 Å². The van der Waals surface area contributed by atoms with Crippen molar-refractivity contribution in [2.24, 2.45) is 0 Å². The predicted octanol–water partition coefficient (Wildman–Crippen LogP) is 3.15. The molecule has 0 N–H and O–H groups in total. The number of rotatable bonds is 3. The first-order valence-electron chi connectivity index (χ1n) is 4.49. The van der Waals surface area contributed by atoms with Gasteiger partial charge in [0.25, 0.3) is 0 Å². The zero-order chi connectivity index (χ0) is 12.2. The Morgan fingerprint density at radius 1 is 1.44 bits per heavy atom. The molecule has 1 aromatic rings. The van der Waals surface area contributed by atoms with Gasteiger partial charge in [-0.2, -0.15) is 8.78 Å². The van der Waals surface area contributed by atoms with Crippen LogP contribution in [-0.4, -0.2) is 17.3 Å². The summed E-state index contributed by atoms with van der Waals surface area (Å²) >= 11 is -0.138. The Morgan fingerprint density at radius 3 is 2.50 bits per heavy atom. The van der Waals surface area contributed by atoms with Gasteiger partial charge in [0.15, 0.2) is 6.10 Å². The second kappa shape index (κ2) is 5.05. The predicted molar refractivity (Wildman–Crippen MR) is 58.8 cm³/mol. The molecule has 0 fully saturated rings. The van der Waals surface area contributed by atoms with Crippen LogP contribution in [0.5, 0.6) is 0 Å². The lowest BCUT2D eigenvalue weighted by Crippen LogP contribution is -2.30. The van der Waals surface area contributed by atoms with E-state index in [1.54, 1.807) is 18.2 Å². The van der Waals surface area contributed by atoms with E-state index >= 15 is 0 Å². The normalized spacial score (nSPS) is 12.9. The molecule has 5 heteroatoms. The van der Waals surface area contributed by atoms with E-state index in [1.807, 2.05) is 0 Å². The molecule has 0 aromatic heterocycles. The molecular weight excluding hydrogens is 234 g/mol. The Hall–Kier alpha value is -1.45. The van der Waals surface area contributed by atoms with Gasteiger partial charge in [-0.25, -0.2) is 4.79 Å². The van der Waals surface area contributed by atoms with Crippen LogP contribution in [0.3, 0.4) is 0 Å². The van der Waals surface area contributed by atoms with E-state index in [0.29, 0.717) is 0 Å². The molecule has 1 aromatic carbocycles. The SMILES string of the molecule is C#SC(F)(F)C(C)OC(=O)c1ccccc1. The van der Waals surface area contributed by atoms with Gasteiger partial charge in [0.05, 0.1) is 5.56 Å². The number of benzene rings is 1. The zero-order valence-electron chi connectivity index (χ0n) is 8.52. The Labute approximate surface area is 95.8 Å². The number of carbonyl (C=O) groups excluding carboxylic acids is 1. The minimum absolute atomic E-state index is 0.138. The molecule has 0 bridgehead atoms. The van der Waals surface area contributed by atoms with E-state index in [0.717, 1.165) is 6.92 Å². The second-order valence-electron chi connectivity index (χ2n) is 3.09. The van der Waals surface area contributed by atoms with Crippen LogP contribution in [-0.2, 0) is 4.74 Å². The van der Waals surface area contributed by atoms with E-state index in [1.165, 1.54) is 12.1 Å². The first kappa shape index (κ1) is 12.6. The molecule has 1 rings (SSSR count). The topological polar surface area (TPSA) is 26.3 Å². The molecule has 0 amide bonds. The Morgan fingerprint density at radius 2 is 2.00 bits per heavy atom. The molecule has 0 aliphatic heterocycles. The molecule has 0 spiro atoms. The van der Waals surface area contributed by atoms with Gasteiger partial charge >= 0.3 is 11.2 Å². The summed E-state index contributed by atoms with van der Waals surface area (Å²) in [6.07, 6.45) is -1.57. The maximum Gasteiger partial charge on any atom is 0.352 e. The van der Waals surface area contributed by atoms with Gasteiger partial charge in [-0.1, -0.05) is 29.4 Å². The maximum atomic E-state index is 13.0. The summed E-state index contributed by atoms with van der Waals surface area (Å²) in [5.41, 5.74) is 5.03. The van der Waals surface area contributed by atoms with Crippen molar-refractivity contribution in [1.29, 1.82) is 0 Å². The van der Waals surface area contributed by atoms with Gasteiger partial charge in [-0.15, -0.1) is 5.69 Å². The van der Waals surface area contributed by atoms with Crippen LogP contribution in [0.1, 0.15) is 17.3 Å². The van der Waals surface area contributed by atoms with E-state index < -0.39 is 17.3 Å². The van der Waals surface area contributed by atoms with Crippen molar-refractivity contribution in [2.45, 2.75) is 18.3 Å². The summed E-state index contributed by atoms with van der Waals surface area (Å²) in [7, 11) is 0. The lowest BCUT2D eigenvalue weighted by molar-refractivity contribution is -0.0441. The summed E-state index contributed by atoms with van der Waals surface area (Å²) in [5.74, 6) is -0.790. The van der Waals surface area contributed by atoms with E-state index in [2.05, 4.69) is 4.74 Å². The number of halogens is 2. The third kappa shape index (κ3) is 3.02. The van der Waals surface area contributed by atoms with Crippen LogP contribution in [0.25, 0.3) is 0 Å². The molecular formula is C11H10F2O2S. The summed E-state index contributed by atoms with van der Waals surface area (Å²) in [6, 6.07) is 7.93. The first-order chi connectivity index (χ1) is 7.47. The monoisotopic (exact) mass is 244 g/mol. The van der Waals surface area contributed by atoms with Gasteiger partial charge in [0, 0.05) is 0 Å². The van der Waals surface area contributed by atoms with Crippen LogP contribution in [0.2, 0.25) is 0 Å². The average Bonchev–Trinajstić information content (AvgIpc) is 2.30.